The van der Waals surface area contributed by atoms with Gasteiger partial charge in [-0.25, -0.2) is 4.79 Å². The number of ether oxygens (including phenoxy) is 1. The first-order valence-corrected chi connectivity index (χ1v) is 10.5. The molecule has 2 amide bonds. The van der Waals surface area contributed by atoms with Gasteiger partial charge in [-0.15, -0.1) is 0 Å². The van der Waals surface area contributed by atoms with Crippen LogP contribution in [0.3, 0.4) is 0 Å². The summed E-state index contributed by atoms with van der Waals surface area (Å²) >= 11 is 5.83. The maximum atomic E-state index is 14.1. The van der Waals surface area contributed by atoms with E-state index in [4.69, 9.17) is 16.3 Å². The number of alkyl halides is 3. The fourth-order valence-electron chi connectivity index (χ4n) is 3.81. The molecule has 10 heteroatoms. The highest BCUT2D eigenvalue weighted by molar-refractivity contribution is 6.30. The standard InChI is InChI=1S/C24H18ClF3N2O4/c25-16-11-9-14(10-12-16)21(31)19-20(29-22(32)30-23(19,33)24(26,27)28)15-5-4-8-18(13-15)34-17-6-2-1-3-7-17/h1-13,19-20,33H,(H2,29,30,32)/t19-,20+,23-/m0/s1. The monoisotopic (exact) mass is 490 g/mol. The number of halogens is 4. The number of rotatable bonds is 5. The summed E-state index contributed by atoms with van der Waals surface area (Å²) in [6, 6.07) is 17.0. The van der Waals surface area contributed by atoms with Crippen LogP contribution in [0.25, 0.3) is 0 Å². The van der Waals surface area contributed by atoms with Crippen molar-refractivity contribution in [2.45, 2.75) is 17.9 Å². The van der Waals surface area contributed by atoms with Gasteiger partial charge in [-0.05, 0) is 54.1 Å². The Morgan fingerprint density at radius 2 is 1.62 bits per heavy atom. The molecule has 0 bridgehead atoms. The molecule has 0 radical (unpaired) electrons. The summed E-state index contributed by atoms with van der Waals surface area (Å²) in [4.78, 5) is 25.5. The normalized spacial score (nSPS) is 22.4. The van der Waals surface area contributed by atoms with Crippen molar-refractivity contribution in [3.63, 3.8) is 0 Å². The Kier molecular flexibility index (Phi) is 6.24. The fourth-order valence-corrected chi connectivity index (χ4v) is 3.93. The van der Waals surface area contributed by atoms with Crippen LogP contribution in [0, 0.1) is 5.92 Å². The van der Waals surface area contributed by atoms with Crippen LogP contribution < -0.4 is 15.4 Å². The number of hydrogen-bond donors (Lipinski definition) is 3. The highest BCUT2D eigenvalue weighted by atomic mass is 35.5. The van der Waals surface area contributed by atoms with E-state index in [9.17, 15) is 27.9 Å². The molecule has 1 heterocycles. The zero-order chi connectivity index (χ0) is 24.5. The molecule has 6 nitrogen and oxygen atoms in total. The second-order valence-corrected chi connectivity index (χ2v) is 8.11. The van der Waals surface area contributed by atoms with Crippen molar-refractivity contribution in [3.8, 4) is 11.5 Å². The van der Waals surface area contributed by atoms with Crippen LogP contribution in [0.5, 0.6) is 11.5 Å². The smallest absolute Gasteiger partial charge is 0.437 e. The molecule has 3 aromatic carbocycles. The maximum absolute atomic E-state index is 14.1. The fraction of sp³-hybridized carbons (Fsp3) is 0.167. The van der Waals surface area contributed by atoms with Gasteiger partial charge < -0.3 is 20.5 Å². The van der Waals surface area contributed by atoms with E-state index >= 15 is 0 Å². The molecule has 0 aliphatic carbocycles. The van der Waals surface area contributed by atoms with Crippen LogP contribution in [0.4, 0.5) is 18.0 Å². The minimum atomic E-state index is -5.35. The molecular formula is C24H18ClF3N2O4. The Morgan fingerprint density at radius 3 is 2.26 bits per heavy atom. The highest BCUT2D eigenvalue weighted by Gasteiger charge is 2.66. The predicted molar refractivity (Wildman–Crippen MR) is 118 cm³/mol. The summed E-state index contributed by atoms with van der Waals surface area (Å²) in [5.41, 5.74) is -3.80. The third kappa shape index (κ3) is 4.57. The number of aliphatic hydroxyl groups is 1. The first-order chi connectivity index (χ1) is 16.1. The number of carbonyl (C=O) groups is 2. The van der Waals surface area contributed by atoms with Crippen LogP contribution in [-0.4, -0.2) is 28.8 Å². The van der Waals surface area contributed by atoms with Gasteiger partial charge >= 0.3 is 12.2 Å². The molecule has 34 heavy (non-hydrogen) atoms. The SMILES string of the molecule is O=C1N[C@H](c2cccc(Oc3ccccc3)c2)[C@@H](C(=O)c2ccc(Cl)cc2)[C@](O)(C(F)(F)F)N1. The molecule has 1 aliphatic rings. The number of benzene rings is 3. The molecule has 0 spiro atoms. The largest absolute Gasteiger partial charge is 0.457 e. The number of urea groups is 1. The Balaban J connectivity index is 1.78. The lowest BCUT2D eigenvalue weighted by molar-refractivity contribution is -0.287. The minimum absolute atomic E-state index is 0.114. The van der Waals surface area contributed by atoms with E-state index < -0.39 is 35.7 Å². The Morgan fingerprint density at radius 1 is 0.971 bits per heavy atom. The number of nitrogens with one attached hydrogen (secondary N) is 2. The average Bonchev–Trinajstić information content (AvgIpc) is 2.79. The van der Waals surface area contributed by atoms with Crippen molar-refractivity contribution in [2.75, 3.05) is 0 Å². The van der Waals surface area contributed by atoms with Crippen molar-refractivity contribution in [3.05, 3.63) is 95.0 Å². The summed E-state index contributed by atoms with van der Waals surface area (Å²) in [6.45, 7) is 0. The Hall–Kier alpha value is -3.56. The van der Waals surface area contributed by atoms with Crippen LogP contribution >= 0.6 is 11.6 Å². The predicted octanol–water partition coefficient (Wildman–Crippen LogP) is 5.24. The van der Waals surface area contributed by atoms with Crippen LogP contribution in [-0.2, 0) is 0 Å². The van der Waals surface area contributed by atoms with Crippen molar-refractivity contribution in [1.82, 2.24) is 10.6 Å². The molecule has 3 N–H and O–H groups in total. The molecule has 1 aliphatic heterocycles. The first kappa shape index (κ1) is 23.6. The third-order valence-corrected chi connectivity index (χ3v) is 5.67. The van der Waals surface area contributed by atoms with Gasteiger partial charge in [-0.3, -0.25) is 4.79 Å². The van der Waals surface area contributed by atoms with Gasteiger partial charge in [0.2, 0.25) is 5.72 Å². The highest BCUT2D eigenvalue weighted by Crippen LogP contribution is 2.44. The van der Waals surface area contributed by atoms with E-state index in [0.717, 1.165) is 0 Å². The molecule has 3 atom stereocenters. The molecule has 176 valence electrons. The zero-order valence-electron chi connectivity index (χ0n) is 17.3. The number of carbonyl (C=O) groups excluding carboxylic acids is 2. The van der Waals surface area contributed by atoms with Gasteiger partial charge in [0.25, 0.3) is 0 Å². The molecule has 3 aromatic rings. The molecule has 0 saturated carbocycles. The summed E-state index contributed by atoms with van der Waals surface area (Å²) in [5, 5.41) is 14.8. The number of ketones is 1. The van der Waals surface area contributed by atoms with Gasteiger partial charge in [-0.1, -0.05) is 41.9 Å². The minimum Gasteiger partial charge on any atom is -0.457 e. The van der Waals surface area contributed by atoms with Gasteiger partial charge in [0.1, 0.15) is 17.4 Å². The average molecular weight is 491 g/mol. The third-order valence-electron chi connectivity index (χ3n) is 5.41. The summed E-state index contributed by atoms with van der Waals surface area (Å²) in [5.74, 6) is -2.44. The summed E-state index contributed by atoms with van der Waals surface area (Å²) in [6.07, 6.45) is -5.35. The molecule has 0 aromatic heterocycles. The molecular weight excluding hydrogens is 473 g/mol. The Bertz CT molecular complexity index is 1200. The van der Waals surface area contributed by atoms with E-state index in [1.807, 2.05) is 0 Å². The summed E-state index contributed by atoms with van der Waals surface area (Å²) in [7, 11) is 0. The molecule has 1 saturated heterocycles. The second-order valence-electron chi connectivity index (χ2n) is 7.68. The number of hydrogen-bond acceptors (Lipinski definition) is 4. The van der Waals surface area contributed by atoms with Crippen LogP contribution in [0.15, 0.2) is 78.9 Å². The van der Waals surface area contributed by atoms with E-state index in [0.29, 0.717) is 5.75 Å². The van der Waals surface area contributed by atoms with E-state index in [1.165, 1.54) is 47.8 Å². The topological polar surface area (TPSA) is 87.7 Å². The molecule has 0 unspecified atom stereocenters. The van der Waals surface area contributed by atoms with Gasteiger partial charge in [0.15, 0.2) is 5.78 Å². The van der Waals surface area contributed by atoms with Crippen LogP contribution in [0.1, 0.15) is 22.0 Å². The number of Topliss-reactive ketones (excluding diaryl/α,β-unsaturated/α-hetero) is 1. The van der Waals surface area contributed by atoms with Crippen molar-refractivity contribution < 1.29 is 32.6 Å². The molecule has 1 fully saturated rings. The quantitative estimate of drug-likeness (QED) is 0.427. The lowest BCUT2D eigenvalue weighted by Gasteiger charge is -2.45. The second kappa shape index (κ2) is 9.00. The number of para-hydroxylation sites is 1. The maximum Gasteiger partial charge on any atom is 0.437 e. The lowest BCUT2D eigenvalue weighted by Crippen LogP contribution is -2.72. The first-order valence-electron chi connectivity index (χ1n) is 10.1. The van der Waals surface area contributed by atoms with E-state index in [-0.39, 0.29) is 21.9 Å². The van der Waals surface area contributed by atoms with E-state index in [2.05, 4.69) is 5.32 Å². The Labute approximate surface area is 197 Å². The van der Waals surface area contributed by atoms with Crippen molar-refractivity contribution >= 4 is 23.4 Å². The van der Waals surface area contributed by atoms with Gasteiger partial charge in [0, 0.05) is 10.6 Å². The lowest BCUT2D eigenvalue weighted by atomic mass is 9.77. The van der Waals surface area contributed by atoms with E-state index in [1.54, 1.807) is 36.4 Å². The van der Waals surface area contributed by atoms with Crippen molar-refractivity contribution in [1.29, 1.82) is 0 Å². The van der Waals surface area contributed by atoms with Gasteiger partial charge in [0.05, 0.1) is 6.04 Å². The van der Waals surface area contributed by atoms with Crippen molar-refractivity contribution in [2.24, 2.45) is 5.92 Å². The number of amides is 2. The van der Waals surface area contributed by atoms with Gasteiger partial charge in [-0.2, -0.15) is 13.2 Å². The molecule has 4 rings (SSSR count). The summed E-state index contributed by atoms with van der Waals surface area (Å²) < 4.78 is 47.9. The zero-order valence-corrected chi connectivity index (χ0v) is 18.1. The van der Waals surface area contributed by atoms with Crippen LogP contribution in [0.2, 0.25) is 5.02 Å².